The molecule has 0 spiro atoms. The Balaban J connectivity index is 2.10. The van der Waals surface area contributed by atoms with Crippen LogP contribution in [0.5, 0.6) is 0 Å². The number of nitrogens with zero attached hydrogens (tertiary/aromatic N) is 2. The molecule has 2 unspecified atom stereocenters. The lowest BCUT2D eigenvalue weighted by Crippen LogP contribution is -2.62. The monoisotopic (exact) mass is 309 g/mol. The third-order valence-electron chi connectivity index (χ3n) is 4.74. The highest BCUT2D eigenvalue weighted by molar-refractivity contribution is 7.09. The first-order valence-electron chi connectivity index (χ1n) is 8.21. The van der Waals surface area contributed by atoms with Crippen LogP contribution in [0, 0.1) is 0 Å². The van der Waals surface area contributed by atoms with Crippen molar-refractivity contribution in [3.05, 3.63) is 16.1 Å². The summed E-state index contributed by atoms with van der Waals surface area (Å²) in [5, 5.41) is 7.23. The van der Waals surface area contributed by atoms with Gasteiger partial charge in [0.1, 0.15) is 5.01 Å². The third kappa shape index (κ3) is 4.05. The number of hydrogen-bond acceptors (Lipinski definition) is 4. The number of aromatic nitrogens is 1. The molecular weight excluding hydrogens is 278 g/mol. The van der Waals surface area contributed by atoms with E-state index in [1.54, 1.807) is 0 Å². The van der Waals surface area contributed by atoms with Crippen LogP contribution >= 0.6 is 11.3 Å². The van der Waals surface area contributed by atoms with Crippen molar-refractivity contribution < 1.29 is 0 Å². The molecule has 0 amide bonds. The maximum absolute atomic E-state index is 4.87. The summed E-state index contributed by atoms with van der Waals surface area (Å²) in [5.41, 5.74) is 1.62. The minimum Gasteiger partial charge on any atom is -0.309 e. The summed E-state index contributed by atoms with van der Waals surface area (Å²) in [4.78, 5) is 7.50. The van der Waals surface area contributed by atoms with Gasteiger partial charge in [-0.1, -0.05) is 34.6 Å². The molecule has 120 valence electrons. The van der Waals surface area contributed by atoms with Crippen LogP contribution in [0.25, 0.3) is 0 Å². The van der Waals surface area contributed by atoms with E-state index in [9.17, 15) is 0 Å². The molecule has 0 radical (unpaired) electrons. The van der Waals surface area contributed by atoms with Gasteiger partial charge in [-0.05, 0) is 19.8 Å². The fourth-order valence-electron chi connectivity index (χ4n) is 2.85. The molecule has 2 atom stereocenters. The van der Waals surface area contributed by atoms with Crippen LogP contribution in [0.4, 0.5) is 0 Å². The zero-order valence-electron chi connectivity index (χ0n) is 14.5. The maximum Gasteiger partial charge on any atom is 0.107 e. The van der Waals surface area contributed by atoms with Crippen LogP contribution in [0.3, 0.4) is 0 Å². The highest BCUT2D eigenvalue weighted by Gasteiger charge is 2.34. The first-order valence-corrected chi connectivity index (χ1v) is 9.09. The van der Waals surface area contributed by atoms with Crippen molar-refractivity contribution in [2.24, 2.45) is 0 Å². The molecule has 1 saturated heterocycles. The van der Waals surface area contributed by atoms with Crippen LogP contribution in [0.15, 0.2) is 5.38 Å². The Hall–Kier alpha value is -0.450. The van der Waals surface area contributed by atoms with Gasteiger partial charge in [-0.2, -0.15) is 0 Å². The van der Waals surface area contributed by atoms with Gasteiger partial charge in [-0.3, -0.25) is 4.90 Å². The Bertz CT molecular complexity index is 463. The Morgan fingerprint density at radius 3 is 2.67 bits per heavy atom. The van der Waals surface area contributed by atoms with Gasteiger partial charge in [0.25, 0.3) is 0 Å². The molecule has 0 aromatic carbocycles. The summed E-state index contributed by atoms with van der Waals surface area (Å²) in [6.45, 7) is 16.8. The topological polar surface area (TPSA) is 28.2 Å². The first-order chi connectivity index (χ1) is 9.77. The van der Waals surface area contributed by atoms with Crippen LogP contribution < -0.4 is 5.32 Å². The van der Waals surface area contributed by atoms with Crippen molar-refractivity contribution in [3.8, 4) is 0 Å². The van der Waals surface area contributed by atoms with Crippen molar-refractivity contribution >= 4 is 11.3 Å². The second kappa shape index (κ2) is 6.35. The SMILES string of the molecule is CCC1CNC(C)(CC)CN1Cc1nc(C(C)(C)C)cs1. The molecule has 0 aliphatic carbocycles. The summed E-state index contributed by atoms with van der Waals surface area (Å²) in [5.74, 6) is 0. The van der Waals surface area contributed by atoms with Gasteiger partial charge < -0.3 is 5.32 Å². The molecule has 21 heavy (non-hydrogen) atoms. The highest BCUT2D eigenvalue weighted by Crippen LogP contribution is 2.27. The predicted octanol–water partition coefficient (Wildman–Crippen LogP) is 3.79. The van der Waals surface area contributed by atoms with E-state index >= 15 is 0 Å². The minimum atomic E-state index is 0.153. The van der Waals surface area contributed by atoms with Crippen molar-refractivity contribution in [3.63, 3.8) is 0 Å². The Morgan fingerprint density at radius 2 is 2.14 bits per heavy atom. The summed E-state index contributed by atoms with van der Waals surface area (Å²) >= 11 is 1.82. The molecule has 1 fully saturated rings. The molecule has 1 N–H and O–H groups in total. The van der Waals surface area contributed by atoms with Gasteiger partial charge in [-0.15, -0.1) is 11.3 Å². The largest absolute Gasteiger partial charge is 0.309 e. The van der Waals surface area contributed by atoms with Crippen molar-refractivity contribution in [1.29, 1.82) is 0 Å². The quantitative estimate of drug-likeness (QED) is 0.917. The lowest BCUT2D eigenvalue weighted by molar-refractivity contribution is 0.0753. The molecular formula is C17H31N3S. The van der Waals surface area contributed by atoms with Crippen LogP contribution in [0.1, 0.15) is 65.1 Å². The van der Waals surface area contributed by atoms with E-state index in [0.29, 0.717) is 6.04 Å². The van der Waals surface area contributed by atoms with Crippen molar-refractivity contribution in [2.75, 3.05) is 13.1 Å². The third-order valence-corrected chi connectivity index (χ3v) is 5.58. The van der Waals surface area contributed by atoms with Crippen LogP contribution in [-0.2, 0) is 12.0 Å². The van der Waals surface area contributed by atoms with Gasteiger partial charge >= 0.3 is 0 Å². The number of hydrogen-bond donors (Lipinski definition) is 1. The summed E-state index contributed by atoms with van der Waals surface area (Å²) in [6.07, 6.45) is 2.37. The molecule has 3 nitrogen and oxygen atoms in total. The number of thiazole rings is 1. The van der Waals surface area contributed by atoms with Crippen molar-refractivity contribution in [1.82, 2.24) is 15.2 Å². The molecule has 2 heterocycles. The number of piperazine rings is 1. The Labute approximate surface area is 134 Å². The second-order valence-electron chi connectivity index (χ2n) is 7.64. The molecule has 1 aromatic heterocycles. The first kappa shape index (κ1) is 16.9. The zero-order valence-corrected chi connectivity index (χ0v) is 15.3. The summed E-state index contributed by atoms with van der Waals surface area (Å²) in [6, 6.07) is 0.631. The molecule has 2 rings (SSSR count). The second-order valence-corrected chi connectivity index (χ2v) is 8.58. The highest BCUT2D eigenvalue weighted by atomic mass is 32.1. The van der Waals surface area contributed by atoms with E-state index in [4.69, 9.17) is 4.98 Å². The molecule has 4 heteroatoms. The molecule has 1 aromatic rings. The van der Waals surface area contributed by atoms with Crippen molar-refractivity contribution in [2.45, 2.75) is 77.9 Å². The minimum absolute atomic E-state index is 0.153. The fraction of sp³-hybridized carbons (Fsp3) is 0.824. The number of nitrogens with one attached hydrogen (secondary N) is 1. The van der Waals surface area contributed by atoms with E-state index in [1.165, 1.54) is 23.5 Å². The summed E-state index contributed by atoms with van der Waals surface area (Å²) in [7, 11) is 0. The van der Waals surface area contributed by atoms with E-state index in [1.807, 2.05) is 11.3 Å². The van der Waals surface area contributed by atoms with E-state index < -0.39 is 0 Å². The normalized spacial score (nSPS) is 28.0. The van der Waals surface area contributed by atoms with Crippen LogP contribution in [0.2, 0.25) is 0 Å². The lowest BCUT2D eigenvalue weighted by atomic mass is 9.92. The van der Waals surface area contributed by atoms with E-state index in [0.717, 1.165) is 19.6 Å². The number of rotatable bonds is 4. The molecule has 0 bridgehead atoms. The fourth-order valence-corrected chi connectivity index (χ4v) is 3.90. The standard InChI is InChI=1S/C17H31N3S/c1-7-13-9-18-17(6,8-2)12-20(13)10-15-19-14(11-21-15)16(3,4)5/h11,13,18H,7-10,12H2,1-6H3. The van der Waals surface area contributed by atoms with E-state index in [2.05, 4.69) is 57.1 Å². The maximum atomic E-state index is 4.87. The predicted molar refractivity (Wildman–Crippen MR) is 92.0 cm³/mol. The van der Waals surface area contributed by atoms with Gasteiger partial charge in [0, 0.05) is 35.5 Å². The molecule has 1 aliphatic rings. The lowest BCUT2D eigenvalue weighted by Gasteiger charge is -2.45. The average Bonchev–Trinajstić information content (AvgIpc) is 2.88. The summed E-state index contributed by atoms with van der Waals surface area (Å²) < 4.78 is 0. The molecule has 1 aliphatic heterocycles. The van der Waals surface area contributed by atoms with Gasteiger partial charge in [0.05, 0.1) is 12.2 Å². The Kier molecular flexibility index (Phi) is 5.11. The van der Waals surface area contributed by atoms with Gasteiger partial charge in [0.2, 0.25) is 0 Å². The molecule has 0 saturated carbocycles. The van der Waals surface area contributed by atoms with E-state index in [-0.39, 0.29) is 11.0 Å². The van der Waals surface area contributed by atoms with Gasteiger partial charge in [-0.25, -0.2) is 4.98 Å². The van der Waals surface area contributed by atoms with Crippen LogP contribution in [-0.4, -0.2) is 34.6 Å². The smallest absolute Gasteiger partial charge is 0.107 e. The zero-order chi connectivity index (χ0) is 15.7. The average molecular weight is 310 g/mol. The Morgan fingerprint density at radius 1 is 1.43 bits per heavy atom. The van der Waals surface area contributed by atoms with Gasteiger partial charge in [0.15, 0.2) is 0 Å².